The lowest BCUT2D eigenvalue weighted by Crippen LogP contribution is -2.44. The monoisotopic (exact) mass is 400 g/mol. The molecule has 2 aliphatic rings. The molecule has 30 heavy (non-hydrogen) atoms. The molecule has 2 bridgehead atoms. The topological polar surface area (TPSA) is 93.2 Å². The SMILES string of the molecule is O=C(NCc1cccnc1)[C@@H]1[C@H](C(=O)Nc2cccc3ncccc23)[C@@H]2C=C[C@H]1O2. The van der Waals surface area contributed by atoms with Crippen LogP contribution in [-0.4, -0.2) is 34.0 Å². The summed E-state index contributed by atoms with van der Waals surface area (Å²) in [5.74, 6) is -1.61. The van der Waals surface area contributed by atoms with Gasteiger partial charge in [0.2, 0.25) is 11.8 Å². The number of hydrogen-bond donors (Lipinski definition) is 2. The number of carbonyl (C=O) groups is 2. The minimum atomic E-state index is -0.596. The molecule has 5 rings (SSSR count). The Balaban J connectivity index is 1.35. The van der Waals surface area contributed by atoms with E-state index in [1.165, 1.54) is 0 Å². The van der Waals surface area contributed by atoms with Gasteiger partial charge in [-0.25, -0.2) is 0 Å². The first-order valence-electron chi connectivity index (χ1n) is 9.86. The normalized spacial score (nSPS) is 24.1. The number of benzene rings is 1. The van der Waals surface area contributed by atoms with Gasteiger partial charge < -0.3 is 15.4 Å². The van der Waals surface area contributed by atoms with E-state index < -0.39 is 24.0 Å². The Morgan fingerprint density at radius 2 is 1.73 bits per heavy atom. The van der Waals surface area contributed by atoms with Gasteiger partial charge >= 0.3 is 0 Å². The van der Waals surface area contributed by atoms with Crippen LogP contribution in [0.25, 0.3) is 10.9 Å². The molecule has 4 heterocycles. The molecule has 2 amide bonds. The van der Waals surface area contributed by atoms with Crippen LogP contribution in [0.1, 0.15) is 5.56 Å². The summed E-state index contributed by atoms with van der Waals surface area (Å²) >= 11 is 0. The molecule has 0 aliphatic carbocycles. The summed E-state index contributed by atoms with van der Waals surface area (Å²) in [5, 5.41) is 6.76. The summed E-state index contributed by atoms with van der Waals surface area (Å²) in [4.78, 5) is 34.5. The van der Waals surface area contributed by atoms with Crippen LogP contribution < -0.4 is 10.6 Å². The van der Waals surface area contributed by atoms with Crippen molar-refractivity contribution in [3.05, 3.63) is 78.8 Å². The molecule has 0 spiro atoms. The lowest BCUT2D eigenvalue weighted by molar-refractivity contribution is -0.131. The smallest absolute Gasteiger partial charge is 0.231 e. The van der Waals surface area contributed by atoms with Gasteiger partial charge in [0, 0.05) is 30.5 Å². The van der Waals surface area contributed by atoms with E-state index in [4.69, 9.17) is 4.74 Å². The number of nitrogens with one attached hydrogen (secondary N) is 2. The van der Waals surface area contributed by atoms with Gasteiger partial charge in [0.15, 0.2) is 0 Å². The number of carbonyl (C=O) groups excluding carboxylic acids is 2. The predicted octanol–water partition coefficient (Wildman–Crippen LogP) is 2.45. The minimum Gasteiger partial charge on any atom is -0.365 e. The summed E-state index contributed by atoms with van der Waals surface area (Å²) in [6.45, 7) is 0.355. The van der Waals surface area contributed by atoms with Crippen LogP contribution in [0.2, 0.25) is 0 Å². The van der Waals surface area contributed by atoms with Gasteiger partial charge in [0.1, 0.15) is 0 Å². The van der Waals surface area contributed by atoms with Crippen molar-refractivity contribution in [2.75, 3.05) is 5.32 Å². The maximum atomic E-state index is 13.2. The van der Waals surface area contributed by atoms with Crippen molar-refractivity contribution in [1.82, 2.24) is 15.3 Å². The van der Waals surface area contributed by atoms with Crippen LogP contribution >= 0.6 is 0 Å². The third-order valence-corrected chi connectivity index (χ3v) is 5.60. The fraction of sp³-hybridized carbons (Fsp3) is 0.217. The molecule has 3 aromatic rings. The lowest BCUT2D eigenvalue weighted by Gasteiger charge is -2.24. The Hall–Kier alpha value is -3.58. The van der Waals surface area contributed by atoms with Crippen molar-refractivity contribution in [2.45, 2.75) is 18.8 Å². The van der Waals surface area contributed by atoms with Crippen molar-refractivity contribution >= 4 is 28.4 Å². The summed E-state index contributed by atoms with van der Waals surface area (Å²) in [6.07, 6.45) is 8.03. The van der Waals surface area contributed by atoms with E-state index in [2.05, 4.69) is 20.6 Å². The van der Waals surface area contributed by atoms with E-state index in [1.807, 2.05) is 54.6 Å². The Labute approximate surface area is 173 Å². The number of nitrogens with zero attached hydrogens (tertiary/aromatic N) is 2. The summed E-state index contributed by atoms with van der Waals surface area (Å²) in [6, 6.07) is 13.0. The summed E-state index contributed by atoms with van der Waals surface area (Å²) in [7, 11) is 0. The fourth-order valence-corrected chi connectivity index (χ4v) is 4.17. The van der Waals surface area contributed by atoms with Gasteiger partial charge in [-0.1, -0.05) is 24.3 Å². The highest BCUT2D eigenvalue weighted by Crippen LogP contribution is 2.40. The standard InChI is InChI=1S/C23H20N4O3/c28-22(26-13-14-4-2-10-24-12-14)20-18-8-9-19(30-18)21(20)23(29)27-17-7-1-6-16-15(17)5-3-11-25-16/h1-12,18-21H,13H2,(H,26,28)(H,27,29)/t18-,19+,20+,21-/m1/s1. The Bertz CT molecular complexity index is 1130. The Kier molecular flexibility index (Phi) is 4.72. The summed E-state index contributed by atoms with van der Waals surface area (Å²) < 4.78 is 5.86. The highest BCUT2D eigenvalue weighted by molar-refractivity contribution is 6.03. The minimum absolute atomic E-state index is 0.199. The zero-order valence-electron chi connectivity index (χ0n) is 16.1. The van der Waals surface area contributed by atoms with E-state index in [9.17, 15) is 9.59 Å². The molecular formula is C23H20N4O3. The van der Waals surface area contributed by atoms with Crippen LogP contribution in [0.3, 0.4) is 0 Å². The Morgan fingerprint density at radius 1 is 0.933 bits per heavy atom. The van der Waals surface area contributed by atoms with Gasteiger partial charge in [-0.3, -0.25) is 19.6 Å². The molecule has 1 saturated heterocycles. The Morgan fingerprint density at radius 3 is 2.53 bits per heavy atom. The van der Waals surface area contributed by atoms with Crippen molar-refractivity contribution < 1.29 is 14.3 Å². The number of pyridine rings is 2. The highest BCUT2D eigenvalue weighted by Gasteiger charge is 2.52. The van der Waals surface area contributed by atoms with Crippen LogP contribution in [0.4, 0.5) is 5.69 Å². The number of rotatable bonds is 5. The van der Waals surface area contributed by atoms with E-state index in [0.717, 1.165) is 16.5 Å². The van der Waals surface area contributed by atoms with Crippen molar-refractivity contribution in [1.29, 1.82) is 0 Å². The molecule has 1 fully saturated rings. The summed E-state index contributed by atoms with van der Waals surface area (Å²) in [5.41, 5.74) is 2.37. The molecule has 0 saturated carbocycles. The van der Waals surface area contributed by atoms with Crippen molar-refractivity contribution in [3.8, 4) is 0 Å². The van der Waals surface area contributed by atoms with Crippen LogP contribution in [-0.2, 0) is 20.9 Å². The van der Waals surface area contributed by atoms with Gasteiger partial charge in [0.25, 0.3) is 0 Å². The number of ether oxygens (including phenoxy) is 1. The maximum Gasteiger partial charge on any atom is 0.231 e. The van der Waals surface area contributed by atoms with Gasteiger partial charge in [-0.05, 0) is 35.9 Å². The highest BCUT2D eigenvalue weighted by atomic mass is 16.5. The molecule has 7 heteroatoms. The number of fused-ring (bicyclic) bond motifs is 3. The molecule has 150 valence electrons. The predicted molar refractivity (Wildman–Crippen MR) is 111 cm³/mol. The first-order valence-corrected chi connectivity index (χ1v) is 9.86. The second-order valence-corrected chi connectivity index (χ2v) is 7.45. The molecule has 0 unspecified atom stereocenters. The van der Waals surface area contributed by atoms with E-state index in [-0.39, 0.29) is 11.8 Å². The van der Waals surface area contributed by atoms with Gasteiger partial charge in [-0.15, -0.1) is 0 Å². The number of anilines is 1. The average molecular weight is 400 g/mol. The molecule has 2 N–H and O–H groups in total. The van der Waals surface area contributed by atoms with Crippen LogP contribution in [0.15, 0.2) is 73.2 Å². The third-order valence-electron chi connectivity index (χ3n) is 5.60. The van der Waals surface area contributed by atoms with Crippen LogP contribution in [0, 0.1) is 11.8 Å². The van der Waals surface area contributed by atoms with Gasteiger partial charge in [-0.2, -0.15) is 0 Å². The first-order chi connectivity index (χ1) is 14.7. The second-order valence-electron chi connectivity index (χ2n) is 7.45. The molecule has 7 nitrogen and oxygen atoms in total. The molecular weight excluding hydrogens is 380 g/mol. The zero-order valence-corrected chi connectivity index (χ0v) is 16.1. The van der Waals surface area contributed by atoms with Crippen molar-refractivity contribution in [3.63, 3.8) is 0 Å². The third kappa shape index (κ3) is 3.33. The number of amides is 2. The molecule has 1 aromatic carbocycles. The van der Waals surface area contributed by atoms with E-state index >= 15 is 0 Å². The molecule has 4 atom stereocenters. The lowest BCUT2D eigenvalue weighted by atomic mass is 9.81. The maximum absolute atomic E-state index is 13.2. The molecule has 2 aromatic heterocycles. The first kappa shape index (κ1) is 18.4. The fourth-order valence-electron chi connectivity index (χ4n) is 4.17. The largest absolute Gasteiger partial charge is 0.365 e. The molecule has 0 radical (unpaired) electrons. The van der Waals surface area contributed by atoms with Gasteiger partial charge in [0.05, 0.1) is 35.2 Å². The van der Waals surface area contributed by atoms with E-state index in [1.54, 1.807) is 18.6 Å². The van der Waals surface area contributed by atoms with Crippen LogP contribution in [0.5, 0.6) is 0 Å². The zero-order chi connectivity index (χ0) is 20.5. The molecule has 2 aliphatic heterocycles. The quantitative estimate of drug-likeness (QED) is 0.642. The second kappa shape index (κ2) is 7.68. The van der Waals surface area contributed by atoms with E-state index in [0.29, 0.717) is 12.2 Å². The van der Waals surface area contributed by atoms with Crippen molar-refractivity contribution in [2.24, 2.45) is 11.8 Å². The number of hydrogen-bond acceptors (Lipinski definition) is 5. The average Bonchev–Trinajstić information content (AvgIpc) is 3.40. The number of aromatic nitrogens is 2.